The second-order valence-corrected chi connectivity index (χ2v) is 5.74. The Kier molecular flexibility index (Phi) is 5.12. The zero-order valence-electron chi connectivity index (χ0n) is 13.6. The van der Waals surface area contributed by atoms with E-state index in [9.17, 15) is 4.79 Å². The molecule has 2 heterocycles. The number of benzene rings is 1. The predicted molar refractivity (Wildman–Crippen MR) is 87.4 cm³/mol. The number of methoxy groups -OCH3 is 1. The van der Waals surface area contributed by atoms with Crippen LogP contribution in [-0.4, -0.2) is 58.7 Å². The van der Waals surface area contributed by atoms with E-state index in [4.69, 9.17) is 14.6 Å². The van der Waals surface area contributed by atoms with Crippen LogP contribution in [0.3, 0.4) is 0 Å². The number of carboxylic acids is 1. The van der Waals surface area contributed by atoms with Gasteiger partial charge in [-0.1, -0.05) is 0 Å². The molecule has 1 aliphatic rings. The van der Waals surface area contributed by atoms with Crippen LogP contribution in [0.5, 0.6) is 5.75 Å². The monoisotopic (exact) mass is 331 g/mol. The lowest BCUT2D eigenvalue weighted by Crippen LogP contribution is -2.46. The maximum atomic E-state index is 11.1. The van der Waals surface area contributed by atoms with Crippen molar-refractivity contribution in [3.8, 4) is 11.4 Å². The SMILES string of the molecule is COc1ccc(-n2cccn2)c(CN2CCOC[C@@H]2CC(=O)O)c1. The van der Waals surface area contributed by atoms with Crippen LogP contribution in [0.1, 0.15) is 12.0 Å². The Labute approximate surface area is 140 Å². The number of carbonyl (C=O) groups is 1. The van der Waals surface area contributed by atoms with E-state index in [0.29, 0.717) is 26.3 Å². The van der Waals surface area contributed by atoms with Gasteiger partial charge in [0.2, 0.25) is 0 Å². The van der Waals surface area contributed by atoms with E-state index < -0.39 is 5.97 Å². The Hall–Kier alpha value is -2.38. The van der Waals surface area contributed by atoms with Crippen LogP contribution in [0, 0.1) is 0 Å². The van der Waals surface area contributed by atoms with Crippen molar-refractivity contribution in [3.63, 3.8) is 0 Å². The second kappa shape index (κ2) is 7.46. The van der Waals surface area contributed by atoms with Gasteiger partial charge >= 0.3 is 5.97 Å². The summed E-state index contributed by atoms with van der Waals surface area (Å²) < 4.78 is 12.6. The number of hydrogen-bond donors (Lipinski definition) is 1. The van der Waals surface area contributed by atoms with E-state index in [-0.39, 0.29) is 12.5 Å². The molecule has 0 spiro atoms. The highest BCUT2D eigenvalue weighted by Gasteiger charge is 2.26. The Morgan fingerprint density at radius 2 is 2.38 bits per heavy atom. The lowest BCUT2D eigenvalue weighted by atomic mass is 10.1. The van der Waals surface area contributed by atoms with Crippen molar-refractivity contribution in [1.29, 1.82) is 0 Å². The molecule has 3 rings (SSSR count). The molecule has 7 nitrogen and oxygen atoms in total. The summed E-state index contributed by atoms with van der Waals surface area (Å²) in [4.78, 5) is 13.3. The van der Waals surface area contributed by atoms with Crippen LogP contribution in [0.25, 0.3) is 5.69 Å². The fourth-order valence-corrected chi connectivity index (χ4v) is 2.96. The fraction of sp³-hybridized carbons (Fsp3) is 0.412. The third-order valence-electron chi connectivity index (χ3n) is 4.17. The first-order chi connectivity index (χ1) is 11.7. The van der Waals surface area contributed by atoms with E-state index in [1.807, 2.05) is 30.5 Å². The highest BCUT2D eigenvalue weighted by molar-refractivity contribution is 5.67. The predicted octanol–water partition coefficient (Wildman–Crippen LogP) is 1.56. The standard InChI is InChI=1S/C17H21N3O4/c1-23-15-3-4-16(20-6-2-5-18-20)13(9-15)11-19-7-8-24-12-14(19)10-17(21)22/h2-6,9,14H,7-8,10-12H2,1H3,(H,21,22)/t14-/m0/s1. The van der Waals surface area contributed by atoms with Gasteiger partial charge < -0.3 is 14.6 Å². The molecule has 0 unspecified atom stereocenters. The van der Waals surface area contributed by atoms with Gasteiger partial charge in [-0.2, -0.15) is 5.10 Å². The number of carboxylic acid groups (broad SMARTS) is 1. The lowest BCUT2D eigenvalue weighted by molar-refractivity contribution is -0.140. The minimum Gasteiger partial charge on any atom is -0.497 e. The van der Waals surface area contributed by atoms with E-state index >= 15 is 0 Å². The van der Waals surface area contributed by atoms with Gasteiger partial charge in [-0.3, -0.25) is 9.69 Å². The van der Waals surface area contributed by atoms with Gasteiger partial charge in [-0.05, 0) is 29.8 Å². The Balaban J connectivity index is 1.88. The van der Waals surface area contributed by atoms with Crippen molar-refractivity contribution < 1.29 is 19.4 Å². The summed E-state index contributed by atoms with van der Waals surface area (Å²) in [5.74, 6) is -0.0441. The molecule has 1 N–H and O–H groups in total. The molecule has 0 bridgehead atoms. The van der Waals surface area contributed by atoms with Crippen LogP contribution in [0.2, 0.25) is 0 Å². The molecule has 1 aliphatic heterocycles. The van der Waals surface area contributed by atoms with E-state index in [0.717, 1.165) is 17.0 Å². The van der Waals surface area contributed by atoms with Crippen molar-refractivity contribution in [2.24, 2.45) is 0 Å². The number of nitrogens with zero attached hydrogens (tertiary/aromatic N) is 3. The molecular weight excluding hydrogens is 310 g/mol. The molecule has 0 saturated carbocycles. The van der Waals surface area contributed by atoms with E-state index in [2.05, 4.69) is 10.00 Å². The number of hydrogen-bond acceptors (Lipinski definition) is 5. The average molecular weight is 331 g/mol. The van der Waals surface area contributed by atoms with Crippen molar-refractivity contribution >= 4 is 5.97 Å². The molecule has 1 aromatic carbocycles. The molecule has 1 saturated heterocycles. The van der Waals surface area contributed by atoms with Gasteiger partial charge in [0.1, 0.15) is 5.75 Å². The van der Waals surface area contributed by atoms with Crippen LogP contribution in [-0.2, 0) is 16.1 Å². The smallest absolute Gasteiger partial charge is 0.305 e. The first kappa shape index (κ1) is 16.5. The highest BCUT2D eigenvalue weighted by Crippen LogP contribution is 2.24. The van der Waals surface area contributed by atoms with Crippen LogP contribution < -0.4 is 4.74 Å². The average Bonchev–Trinajstić information content (AvgIpc) is 3.10. The number of rotatable bonds is 6. The van der Waals surface area contributed by atoms with Crippen molar-refractivity contribution in [3.05, 3.63) is 42.2 Å². The summed E-state index contributed by atoms with van der Waals surface area (Å²) in [7, 11) is 1.63. The van der Waals surface area contributed by atoms with Gasteiger partial charge in [0.25, 0.3) is 0 Å². The summed E-state index contributed by atoms with van der Waals surface area (Å²) in [6.07, 6.45) is 3.69. The maximum absolute atomic E-state index is 11.1. The molecule has 0 aliphatic carbocycles. The zero-order valence-corrected chi connectivity index (χ0v) is 13.6. The van der Waals surface area contributed by atoms with Crippen molar-refractivity contribution in [1.82, 2.24) is 14.7 Å². The van der Waals surface area contributed by atoms with Gasteiger partial charge in [-0.15, -0.1) is 0 Å². The summed E-state index contributed by atoms with van der Waals surface area (Å²) in [5.41, 5.74) is 2.00. The second-order valence-electron chi connectivity index (χ2n) is 5.74. The molecule has 24 heavy (non-hydrogen) atoms. The topological polar surface area (TPSA) is 76.8 Å². The minimum atomic E-state index is -0.812. The normalized spacial score (nSPS) is 18.5. The number of ether oxygens (including phenoxy) is 2. The number of aromatic nitrogens is 2. The summed E-state index contributed by atoms with van der Waals surface area (Å²) in [6, 6.07) is 7.58. The Bertz CT molecular complexity index is 687. The van der Waals surface area contributed by atoms with Crippen molar-refractivity contribution in [2.45, 2.75) is 19.0 Å². The first-order valence-corrected chi connectivity index (χ1v) is 7.88. The van der Waals surface area contributed by atoms with Crippen LogP contribution in [0.15, 0.2) is 36.7 Å². The summed E-state index contributed by atoms with van der Waals surface area (Å²) in [5, 5.41) is 13.4. The van der Waals surface area contributed by atoms with Crippen LogP contribution >= 0.6 is 0 Å². The molecule has 1 aromatic heterocycles. The van der Waals surface area contributed by atoms with Gasteiger partial charge in [0.15, 0.2) is 0 Å². The zero-order chi connectivity index (χ0) is 16.9. The Morgan fingerprint density at radius 1 is 1.50 bits per heavy atom. The summed E-state index contributed by atoms with van der Waals surface area (Å²) in [6.45, 7) is 2.37. The highest BCUT2D eigenvalue weighted by atomic mass is 16.5. The maximum Gasteiger partial charge on any atom is 0.305 e. The molecule has 1 atom stereocenters. The molecule has 128 valence electrons. The molecule has 2 aromatic rings. The number of aliphatic carboxylic acids is 1. The Morgan fingerprint density at radius 3 is 3.08 bits per heavy atom. The quantitative estimate of drug-likeness (QED) is 0.865. The molecular formula is C17H21N3O4. The largest absolute Gasteiger partial charge is 0.497 e. The van der Waals surface area contributed by atoms with Crippen molar-refractivity contribution in [2.75, 3.05) is 26.9 Å². The molecule has 7 heteroatoms. The van der Waals surface area contributed by atoms with Gasteiger partial charge in [-0.25, -0.2) is 4.68 Å². The van der Waals surface area contributed by atoms with Gasteiger partial charge in [0, 0.05) is 31.5 Å². The first-order valence-electron chi connectivity index (χ1n) is 7.88. The molecule has 0 amide bonds. The van der Waals surface area contributed by atoms with Gasteiger partial charge in [0.05, 0.1) is 32.4 Å². The summed E-state index contributed by atoms with van der Waals surface area (Å²) >= 11 is 0. The lowest BCUT2D eigenvalue weighted by Gasteiger charge is -2.35. The minimum absolute atomic E-state index is 0.0705. The number of morpholine rings is 1. The third-order valence-corrected chi connectivity index (χ3v) is 4.17. The van der Waals surface area contributed by atoms with E-state index in [1.54, 1.807) is 18.0 Å². The fourth-order valence-electron chi connectivity index (χ4n) is 2.96. The molecule has 0 radical (unpaired) electrons. The third kappa shape index (κ3) is 3.74. The van der Waals surface area contributed by atoms with Crippen LogP contribution in [0.4, 0.5) is 0 Å². The van der Waals surface area contributed by atoms with E-state index in [1.165, 1.54) is 0 Å². The molecule has 1 fully saturated rings.